The van der Waals surface area contributed by atoms with Gasteiger partial charge in [-0.2, -0.15) is 0 Å². The Bertz CT molecular complexity index is 378. The topological polar surface area (TPSA) is 0 Å². The minimum atomic E-state index is 0.489. The minimum absolute atomic E-state index is 0.489. The molecular weight excluding hydrogens is 216 g/mol. The molecule has 98 valence electrons. The Morgan fingerprint density at radius 2 is 1.28 bits per heavy atom. The van der Waals surface area contributed by atoms with E-state index >= 15 is 0 Å². The molecule has 0 heteroatoms. The van der Waals surface area contributed by atoms with Crippen molar-refractivity contribution in [1.82, 2.24) is 0 Å². The summed E-state index contributed by atoms with van der Waals surface area (Å²) < 4.78 is 0. The molecular formula is C18H26. The van der Waals surface area contributed by atoms with Crippen LogP contribution < -0.4 is 0 Å². The van der Waals surface area contributed by atoms with Gasteiger partial charge in [-0.1, -0.05) is 69.4 Å². The average molecular weight is 242 g/mol. The Kier molecular flexibility index (Phi) is 3.21. The predicted molar refractivity (Wildman–Crippen MR) is 77.8 cm³/mol. The molecule has 1 aromatic rings. The Morgan fingerprint density at radius 1 is 0.722 bits per heavy atom. The van der Waals surface area contributed by atoms with E-state index in [0.717, 1.165) is 0 Å². The van der Waals surface area contributed by atoms with E-state index in [2.05, 4.69) is 37.3 Å². The minimum Gasteiger partial charge on any atom is -0.0622 e. The van der Waals surface area contributed by atoms with Gasteiger partial charge in [-0.25, -0.2) is 0 Å². The zero-order valence-corrected chi connectivity index (χ0v) is 11.8. The third kappa shape index (κ3) is 1.81. The van der Waals surface area contributed by atoms with Gasteiger partial charge in [0.15, 0.2) is 0 Å². The van der Waals surface area contributed by atoms with E-state index in [1.165, 1.54) is 57.8 Å². The SMILES string of the molecule is CC1(C2(c3ccccc3)CCCCC2)CCCC1. The van der Waals surface area contributed by atoms with Gasteiger partial charge in [-0.05, 0) is 36.7 Å². The summed E-state index contributed by atoms with van der Waals surface area (Å²) in [4.78, 5) is 0. The average Bonchev–Trinajstić information content (AvgIpc) is 2.89. The van der Waals surface area contributed by atoms with Crippen molar-refractivity contribution in [3.05, 3.63) is 35.9 Å². The molecule has 0 radical (unpaired) electrons. The highest BCUT2D eigenvalue weighted by Gasteiger charge is 2.50. The molecule has 2 saturated carbocycles. The van der Waals surface area contributed by atoms with E-state index < -0.39 is 0 Å². The zero-order chi connectivity index (χ0) is 12.5. The molecule has 0 spiro atoms. The predicted octanol–water partition coefficient (Wildman–Crippen LogP) is 5.47. The van der Waals surface area contributed by atoms with E-state index in [4.69, 9.17) is 0 Å². The summed E-state index contributed by atoms with van der Waals surface area (Å²) in [5, 5.41) is 0. The number of rotatable bonds is 2. The van der Waals surface area contributed by atoms with Crippen LogP contribution in [0.2, 0.25) is 0 Å². The Labute approximate surface area is 112 Å². The number of hydrogen-bond donors (Lipinski definition) is 0. The fourth-order valence-electron chi connectivity index (χ4n) is 4.79. The maximum absolute atomic E-state index is 2.58. The third-order valence-corrected chi connectivity index (χ3v) is 5.90. The number of hydrogen-bond acceptors (Lipinski definition) is 0. The molecule has 2 fully saturated rings. The normalized spacial score (nSPS) is 26.1. The van der Waals surface area contributed by atoms with Gasteiger partial charge in [0.2, 0.25) is 0 Å². The molecule has 0 atom stereocenters. The van der Waals surface area contributed by atoms with Gasteiger partial charge in [-0.3, -0.25) is 0 Å². The van der Waals surface area contributed by atoms with E-state index in [0.29, 0.717) is 10.8 Å². The van der Waals surface area contributed by atoms with Crippen LogP contribution in [0, 0.1) is 5.41 Å². The van der Waals surface area contributed by atoms with E-state index in [1.54, 1.807) is 5.56 Å². The summed E-state index contributed by atoms with van der Waals surface area (Å²) in [5.41, 5.74) is 2.69. The lowest BCUT2D eigenvalue weighted by Crippen LogP contribution is -2.43. The smallest absolute Gasteiger partial charge is 0.000674 e. The molecule has 0 aliphatic heterocycles. The van der Waals surface area contributed by atoms with Crippen molar-refractivity contribution in [1.29, 1.82) is 0 Å². The van der Waals surface area contributed by atoms with Crippen LogP contribution in [0.4, 0.5) is 0 Å². The summed E-state index contributed by atoms with van der Waals surface area (Å²) in [5.74, 6) is 0. The first-order valence-electron chi connectivity index (χ1n) is 7.82. The molecule has 2 aliphatic rings. The molecule has 3 rings (SSSR count). The van der Waals surface area contributed by atoms with Crippen LogP contribution in [0.1, 0.15) is 70.3 Å². The molecule has 0 heterocycles. The van der Waals surface area contributed by atoms with Crippen molar-refractivity contribution in [2.24, 2.45) is 5.41 Å². The van der Waals surface area contributed by atoms with Crippen molar-refractivity contribution in [3.63, 3.8) is 0 Å². The fourth-order valence-corrected chi connectivity index (χ4v) is 4.79. The molecule has 18 heavy (non-hydrogen) atoms. The quantitative estimate of drug-likeness (QED) is 0.645. The Hall–Kier alpha value is -0.780. The van der Waals surface area contributed by atoms with Gasteiger partial charge in [0, 0.05) is 5.41 Å². The van der Waals surface area contributed by atoms with E-state index in [1.807, 2.05) is 0 Å². The second-order valence-electron chi connectivity index (χ2n) is 6.78. The van der Waals surface area contributed by atoms with Crippen LogP contribution in [0.15, 0.2) is 30.3 Å². The maximum atomic E-state index is 2.58. The van der Waals surface area contributed by atoms with Crippen molar-refractivity contribution >= 4 is 0 Å². The van der Waals surface area contributed by atoms with Crippen LogP contribution in [-0.4, -0.2) is 0 Å². The molecule has 0 unspecified atom stereocenters. The van der Waals surface area contributed by atoms with Gasteiger partial charge in [0.05, 0.1) is 0 Å². The Morgan fingerprint density at radius 3 is 1.89 bits per heavy atom. The Balaban J connectivity index is 2.03. The zero-order valence-electron chi connectivity index (χ0n) is 11.8. The van der Waals surface area contributed by atoms with Crippen LogP contribution in [0.5, 0.6) is 0 Å². The van der Waals surface area contributed by atoms with Gasteiger partial charge in [0.1, 0.15) is 0 Å². The summed E-state index contributed by atoms with van der Waals surface area (Å²) >= 11 is 0. The first kappa shape index (κ1) is 12.3. The third-order valence-electron chi connectivity index (χ3n) is 5.90. The van der Waals surface area contributed by atoms with E-state index in [9.17, 15) is 0 Å². The number of benzene rings is 1. The van der Waals surface area contributed by atoms with Gasteiger partial charge < -0.3 is 0 Å². The molecule has 0 nitrogen and oxygen atoms in total. The first-order valence-corrected chi connectivity index (χ1v) is 7.82. The highest BCUT2D eigenvalue weighted by molar-refractivity contribution is 5.30. The largest absolute Gasteiger partial charge is 0.0622 e. The van der Waals surface area contributed by atoms with Crippen LogP contribution in [0.25, 0.3) is 0 Å². The van der Waals surface area contributed by atoms with Gasteiger partial charge >= 0.3 is 0 Å². The van der Waals surface area contributed by atoms with Gasteiger partial charge in [-0.15, -0.1) is 0 Å². The molecule has 1 aromatic carbocycles. The van der Waals surface area contributed by atoms with Crippen molar-refractivity contribution in [2.45, 2.75) is 70.1 Å². The van der Waals surface area contributed by atoms with E-state index in [-0.39, 0.29) is 0 Å². The second-order valence-corrected chi connectivity index (χ2v) is 6.78. The maximum Gasteiger partial charge on any atom is 0.000674 e. The fraction of sp³-hybridized carbons (Fsp3) is 0.667. The second kappa shape index (κ2) is 4.72. The molecule has 0 amide bonds. The first-order chi connectivity index (χ1) is 8.77. The lowest BCUT2D eigenvalue weighted by molar-refractivity contribution is 0.0948. The lowest BCUT2D eigenvalue weighted by Gasteiger charge is -2.50. The van der Waals surface area contributed by atoms with Gasteiger partial charge in [0.25, 0.3) is 0 Å². The highest BCUT2D eigenvalue weighted by atomic mass is 14.5. The van der Waals surface area contributed by atoms with Crippen LogP contribution >= 0.6 is 0 Å². The van der Waals surface area contributed by atoms with Crippen molar-refractivity contribution in [2.75, 3.05) is 0 Å². The van der Waals surface area contributed by atoms with Crippen molar-refractivity contribution in [3.8, 4) is 0 Å². The molecule has 0 saturated heterocycles. The summed E-state index contributed by atoms with van der Waals surface area (Å²) in [6.45, 7) is 2.58. The molecule has 0 bridgehead atoms. The highest BCUT2D eigenvalue weighted by Crippen LogP contribution is 2.58. The monoisotopic (exact) mass is 242 g/mol. The van der Waals surface area contributed by atoms with Crippen LogP contribution in [-0.2, 0) is 5.41 Å². The molecule has 0 N–H and O–H groups in total. The summed E-state index contributed by atoms with van der Waals surface area (Å²) in [6.07, 6.45) is 13.0. The van der Waals surface area contributed by atoms with Crippen molar-refractivity contribution < 1.29 is 0 Å². The molecule has 2 aliphatic carbocycles. The van der Waals surface area contributed by atoms with Crippen LogP contribution in [0.3, 0.4) is 0 Å². The summed E-state index contributed by atoms with van der Waals surface area (Å²) in [6, 6.07) is 11.4. The lowest BCUT2D eigenvalue weighted by atomic mass is 9.54. The standard InChI is InChI=1S/C18H26/c1-17(12-8-9-13-17)18(14-6-3-7-15-18)16-10-4-2-5-11-16/h2,4-5,10-11H,3,6-9,12-15H2,1H3. The summed E-state index contributed by atoms with van der Waals surface area (Å²) in [7, 11) is 0. The molecule has 0 aromatic heterocycles.